The molecule has 1 aromatic rings. The van der Waals surface area contributed by atoms with Crippen LogP contribution in [0.2, 0.25) is 0 Å². The first-order valence-electron chi connectivity index (χ1n) is 7.42. The van der Waals surface area contributed by atoms with E-state index in [9.17, 15) is 4.39 Å². The Balaban J connectivity index is -0.000000138. The van der Waals surface area contributed by atoms with Crippen molar-refractivity contribution in [3.05, 3.63) is 35.1 Å². The molecular formula is C20H40FNY. The van der Waals surface area contributed by atoms with Crippen LogP contribution in [0.4, 0.5) is 4.39 Å². The van der Waals surface area contributed by atoms with E-state index in [0.29, 0.717) is 5.92 Å². The van der Waals surface area contributed by atoms with E-state index in [1.165, 1.54) is 37.6 Å². The Bertz CT molecular complexity index is 385. The van der Waals surface area contributed by atoms with E-state index in [2.05, 4.69) is 32.6 Å². The van der Waals surface area contributed by atoms with Gasteiger partial charge in [-0.3, -0.25) is 0 Å². The van der Waals surface area contributed by atoms with E-state index < -0.39 is 0 Å². The van der Waals surface area contributed by atoms with E-state index in [1.807, 2.05) is 13.0 Å². The molecule has 1 fully saturated rings. The third-order valence-corrected chi connectivity index (χ3v) is 3.72. The predicted molar refractivity (Wildman–Crippen MR) is 101 cm³/mol. The predicted octanol–water partition coefficient (Wildman–Crippen LogP) is 6.65. The van der Waals surface area contributed by atoms with Gasteiger partial charge in [0.1, 0.15) is 5.82 Å². The minimum absolute atomic E-state index is 0. The molecule has 0 unspecified atom stereocenters. The minimum atomic E-state index is -0.146. The van der Waals surface area contributed by atoms with Crippen LogP contribution in [0.15, 0.2) is 18.2 Å². The molecule has 0 bridgehead atoms. The molecule has 135 valence electrons. The van der Waals surface area contributed by atoms with Gasteiger partial charge in [-0.1, -0.05) is 42.2 Å². The van der Waals surface area contributed by atoms with Crippen molar-refractivity contribution in [2.75, 3.05) is 13.1 Å². The zero-order chi connectivity index (χ0) is 14.4. The van der Waals surface area contributed by atoms with Crippen LogP contribution in [0.1, 0.15) is 79.9 Å². The van der Waals surface area contributed by atoms with Crippen LogP contribution in [0.3, 0.4) is 0 Å². The van der Waals surface area contributed by atoms with Crippen molar-refractivity contribution in [1.82, 2.24) is 4.90 Å². The molecule has 0 aromatic heterocycles. The third kappa shape index (κ3) is 11.4. The summed E-state index contributed by atoms with van der Waals surface area (Å²) in [5.74, 6) is 0.336. The Labute approximate surface area is 171 Å². The summed E-state index contributed by atoms with van der Waals surface area (Å²) >= 11 is 0. The van der Waals surface area contributed by atoms with Crippen molar-refractivity contribution in [2.24, 2.45) is 0 Å². The molecule has 1 nitrogen and oxygen atoms in total. The minimum Gasteiger partial charge on any atom is -0.301 e. The summed E-state index contributed by atoms with van der Waals surface area (Å²) in [7, 11) is 0. The smallest absolute Gasteiger partial charge is 0.123 e. The Morgan fingerprint density at radius 2 is 1.43 bits per heavy atom. The summed E-state index contributed by atoms with van der Waals surface area (Å²) in [6.45, 7) is 13.4. The van der Waals surface area contributed by atoms with Gasteiger partial charge in [-0.15, -0.1) is 0 Å². The molecule has 0 aliphatic carbocycles. The molecule has 0 saturated carbocycles. The first-order valence-corrected chi connectivity index (χ1v) is 7.42. The normalized spacial score (nSPS) is 13.0. The molecule has 1 saturated heterocycles. The van der Waals surface area contributed by atoms with Gasteiger partial charge in [0.15, 0.2) is 0 Å². The van der Waals surface area contributed by atoms with Crippen molar-refractivity contribution < 1.29 is 37.1 Å². The molecule has 2 rings (SSSR count). The van der Waals surface area contributed by atoms with Crippen LogP contribution >= 0.6 is 0 Å². The van der Waals surface area contributed by atoms with Crippen LogP contribution in [-0.4, -0.2) is 24.0 Å². The Kier molecular flexibility index (Phi) is 21.2. The topological polar surface area (TPSA) is 3.24 Å². The zero-order valence-corrected chi connectivity index (χ0v) is 16.5. The molecule has 1 aliphatic heterocycles. The number of rotatable bonds is 2. The second kappa shape index (κ2) is 15.7. The fourth-order valence-corrected chi connectivity index (χ4v) is 2.54. The summed E-state index contributed by atoms with van der Waals surface area (Å²) in [6.07, 6.45) is 2.83. The number of aryl methyl sites for hydroxylation is 1. The van der Waals surface area contributed by atoms with Crippen LogP contribution in [0.5, 0.6) is 0 Å². The van der Waals surface area contributed by atoms with Gasteiger partial charge in [-0.2, -0.15) is 0 Å². The van der Waals surface area contributed by atoms with Crippen LogP contribution in [0.25, 0.3) is 0 Å². The number of halogens is 1. The summed E-state index contributed by atoms with van der Waals surface area (Å²) in [4.78, 5) is 2.53. The summed E-state index contributed by atoms with van der Waals surface area (Å²) in [5.41, 5.74) is 2.27. The maximum absolute atomic E-state index is 12.6. The molecule has 23 heavy (non-hydrogen) atoms. The monoisotopic (exact) mass is 402 g/mol. The number of hydrogen-bond acceptors (Lipinski definition) is 1. The molecule has 1 radical (unpaired) electrons. The molecule has 0 amide bonds. The fraction of sp³-hybridized carbons (Fsp3) is 0.700. The maximum Gasteiger partial charge on any atom is 0.123 e. The number of benzene rings is 1. The van der Waals surface area contributed by atoms with Crippen LogP contribution < -0.4 is 0 Å². The first kappa shape index (κ1) is 31.0. The maximum atomic E-state index is 12.6. The standard InChI is InChI=1S/C10H13F.C7H15N.3CH4.Y/c1-7(2)10-5-4-9(11)6-8(10)3;1-7(2)8-5-3-4-6-8;;;;/h4-7H,1-3H3;7H,3-6H2,1-2H3;3*1H4;. The third-order valence-electron chi connectivity index (χ3n) is 3.72. The Hall–Kier alpha value is 0.214. The second-order valence-electron chi connectivity index (χ2n) is 5.99. The van der Waals surface area contributed by atoms with Crippen molar-refractivity contribution in [1.29, 1.82) is 0 Å². The summed E-state index contributed by atoms with van der Waals surface area (Å²) in [6, 6.07) is 5.73. The molecule has 3 heteroatoms. The second-order valence-corrected chi connectivity index (χ2v) is 5.99. The number of nitrogens with zero attached hydrogens (tertiary/aromatic N) is 1. The number of hydrogen-bond donors (Lipinski definition) is 0. The first-order chi connectivity index (χ1) is 8.91. The number of likely N-dealkylation sites (tertiary alicyclic amines) is 1. The van der Waals surface area contributed by atoms with Crippen molar-refractivity contribution >= 4 is 0 Å². The Morgan fingerprint density at radius 1 is 0.957 bits per heavy atom. The van der Waals surface area contributed by atoms with E-state index >= 15 is 0 Å². The quantitative estimate of drug-likeness (QED) is 0.535. The SMILES string of the molecule is C.C.C.CC(C)N1CCCC1.Cc1cc(F)ccc1C(C)C.[Y]. The van der Waals surface area contributed by atoms with Crippen molar-refractivity contribution in [3.63, 3.8) is 0 Å². The molecule has 0 spiro atoms. The van der Waals surface area contributed by atoms with E-state index in [-0.39, 0.29) is 60.8 Å². The molecule has 0 atom stereocenters. The summed E-state index contributed by atoms with van der Waals surface area (Å²) in [5, 5.41) is 0. The van der Waals surface area contributed by atoms with Crippen LogP contribution in [-0.2, 0) is 32.7 Å². The van der Waals surface area contributed by atoms with Gasteiger partial charge in [0.05, 0.1) is 0 Å². The molecule has 1 aromatic carbocycles. The van der Waals surface area contributed by atoms with Gasteiger partial charge in [-0.25, -0.2) is 4.39 Å². The van der Waals surface area contributed by atoms with Crippen molar-refractivity contribution in [2.45, 2.75) is 81.7 Å². The average molecular weight is 402 g/mol. The van der Waals surface area contributed by atoms with Crippen LogP contribution in [0, 0.1) is 12.7 Å². The fourth-order valence-electron chi connectivity index (χ4n) is 2.54. The van der Waals surface area contributed by atoms with E-state index in [4.69, 9.17) is 0 Å². The Morgan fingerprint density at radius 3 is 1.74 bits per heavy atom. The van der Waals surface area contributed by atoms with Gasteiger partial charge in [0.25, 0.3) is 0 Å². The van der Waals surface area contributed by atoms with Gasteiger partial charge in [0.2, 0.25) is 0 Å². The van der Waals surface area contributed by atoms with Gasteiger partial charge >= 0.3 is 0 Å². The van der Waals surface area contributed by atoms with E-state index in [0.717, 1.165) is 11.6 Å². The van der Waals surface area contributed by atoms with Gasteiger partial charge < -0.3 is 4.90 Å². The molecular weight excluding hydrogens is 362 g/mol. The zero-order valence-electron chi connectivity index (χ0n) is 13.6. The van der Waals surface area contributed by atoms with Gasteiger partial charge in [-0.05, 0) is 75.9 Å². The largest absolute Gasteiger partial charge is 0.301 e. The van der Waals surface area contributed by atoms with Gasteiger partial charge in [0, 0.05) is 38.8 Å². The van der Waals surface area contributed by atoms with Crippen molar-refractivity contribution in [3.8, 4) is 0 Å². The molecule has 0 N–H and O–H groups in total. The average Bonchev–Trinajstić information content (AvgIpc) is 2.82. The van der Waals surface area contributed by atoms with E-state index in [1.54, 1.807) is 6.07 Å². The molecule has 1 aliphatic rings. The summed E-state index contributed by atoms with van der Waals surface area (Å²) < 4.78 is 12.6. The molecule has 1 heterocycles.